The summed E-state index contributed by atoms with van der Waals surface area (Å²) in [5.74, 6) is -2.87. The number of benzene rings is 2. The first-order valence-electron chi connectivity index (χ1n) is 13.6. The summed E-state index contributed by atoms with van der Waals surface area (Å²) >= 11 is 0. The minimum atomic E-state index is -0.847. The first-order chi connectivity index (χ1) is 20.3. The monoisotopic (exact) mass is 576 g/mol. The molecule has 216 valence electrons. The van der Waals surface area contributed by atoms with Gasteiger partial charge in [0.25, 0.3) is 5.91 Å². The molecule has 1 aliphatic carbocycles. The summed E-state index contributed by atoms with van der Waals surface area (Å²) < 4.78 is 46.1. The van der Waals surface area contributed by atoms with Gasteiger partial charge in [-0.15, -0.1) is 0 Å². The van der Waals surface area contributed by atoms with Crippen molar-refractivity contribution in [2.45, 2.75) is 37.4 Å². The Bertz CT molecular complexity index is 1590. The van der Waals surface area contributed by atoms with E-state index in [0.717, 1.165) is 11.6 Å². The van der Waals surface area contributed by atoms with Crippen LogP contribution < -0.4 is 10.6 Å². The van der Waals surface area contributed by atoms with E-state index in [2.05, 4.69) is 30.7 Å². The van der Waals surface area contributed by atoms with E-state index < -0.39 is 35.0 Å². The molecule has 6 rings (SSSR count). The van der Waals surface area contributed by atoms with Crippen molar-refractivity contribution in [3.63, 3.8) is 0 Å². The van der Waals surface area contributed by atoms with E-state index in [0.29, 0.717) is 50.8 Å². The number of hydrogen-bond donors (Lipinski definition) is 2. The van der Waals surface area contributed by atoms with Crippen LogP contribution in [-0.4, -0.2) is 51.0 Å². The molecule has 2 aromatic heterocycles. The molecule has 2 aromatic carbocycles. The van der Waals surface area contributed by atoms with Gasteiger partial charge in [-0.2, -0.15) is 0 Å². The first kappa shape index (κ1) is 27.6. The molecule has 0 unspecified atom stereocenters. The van der Waals surface area contributed by atoms with Gasteiger partial charge in [-0.1, -0.05) is 17.3 Å². The summed E-state index contributed by atoms with van der Waals surface area (Å²) in [4.78, 5) is 37.7. The van der Waals surface area contributed by atoms with Gasteiger partial charge in [0.15, 0.2) is 17.3 Å². The highest BCUT2D eigenvalue weighted by atomic mass is 19.1. The molecule has 4 aromatic rings. The van der Waals surface area contributed by atoms with Crippen LogP contribution in [0.2, 0.25) is 0 Å². The van der Waals surface area contributed by atoms with Crippen LogP contribution in [0.4, 0.5) is 13.2 Å². The Morgan fingerprint density at radius 2 is 1.74 bits per heavy atom. The molecular weight excluding hydrogens is 549 g/mol. The zero-order valence-electron chi connectivity index (χ0n) is 22.4. The highest BCUT2D eigenvalue weighted by molar-refractivity contribution is 5.94. The lowest BCUT2D eigenvalue weighted by molar-refractivity contribution is -0.128. The lowest BCUT2D eigenvalue weighted by Gasteiger charge is -2.38. The van der Waals surface area contributed by atoms with Gasteiger partial charge in [0, 0.05) is 50.2 Å². The van der Waals surface area contributed by atoms with Crippen molar-refractivity contribution in [2.24, 2.45) is 5.92 Å². The number of rotatable bonds is 8. The van der Waals surface area contributed by atoms with Crippen molar-refractivity contribution in [1.82, 2.24) is 30.7 Å². The number of halogens is 3. The van der Waals surface area contributed by atoms with E-state index in [9.17, 15) is 22.8 Å². The molecule has 1 aliphatic heterocycles. The van der Waals surface area contributed by atoms with Crippen LogP contribution in [0, 0.1) is 23.4 Å². The van der Waals surface area contributed by atoms with Crippen molar-refractivity contribution in [2.75, 3.05) is 13.1 Å². The van der Waals surface area contributed by atoms with Gasteiger partial charge in [-0.25, -0.2) is 23.1 Å². The Morgan fingerprint density at radius 3 is 2.45 bits per heavy atom. The molecule has 2 fully saturated rings. The third-order valence-corrected chi connectivity index (χ3v) is 7.72. The normalized spacial score (nSPS) is 19.7. The molecule has 2 N–H and O–H groups in total. The number of piperidine rings is 1. The first-order valence-corrected chi connectivity index (χ1v) is 13.6. The van der Waals surface area contributed by atoms with Gasteiger partial charge >= 0.3 is 0 Å². The van der Waals surface area contributed by atoms with Crippen LogP contribution in [0.5, 0.6) is 0 Å². The van der Waals surface area contributed by atoms with Gasteiger partial charge in [0.1, 0.15) is 17.5 Å². The topological polar surface area (TPSA) is 113 Å². The van der Waals surface area contributed by atoms with Crippen molar-refractivity contribution in [3.05, 3.63) is 102 Å². The van der Waals surface area contributed by atoms with E-state index in [1.807, 2.05) is 0 Å². The van der Waals surface area contributed by atoms with Crippen LogP contribution in [0.3, 0.4) is 0 Å². The van der Waals surface area contributed by atoms with Crippen LogP contribution in [0.15, 0.2) is 71.5 Å². The number of nitrogens with one attached hydrogen (secondary N) is 2. The van der Waals surface area contributed by atoms with Crippen molar-refractivity contribution in [3.8, 4) is 11.3 Å². The number of carbonyl (C=O) groups excluding carboxylic acids is 2. The van der Waals surface area contributed by atoms with Crippen molar-refractivity contribution < 1.29 is 27.3 Å². The Kier molecular flexibility index (Phi) is 7.46. The van der Waals surface area contributed by atoms with E-state index in [1.165, 1.54) is 24.3 Å². The number of aromatic nitrogens is 3. The van der Waals surface area contributed by atoms with Crippen LogP contribution in [0.25, 0.3) is 11.3 Å². The fourth-order valence-electron chi connectivity index (χ4n) is 5.29. The Hall–Kier alpha value is -4.58. The molecule has 9 nitrogen and oxygen atoms in total. The number of amides is 2. The predicted molar refractivity (Wildman–Crippen MR) is 144 cm³/mol. The third kappa shape index (κ3) is 5.89. The molecule has 0 radical (unpaired) electrons. The fraction of sp³-hybridized carbons (Fsp3) is 0.300. The maximum atomic E-state index is 14.2. The smallest absolute Gasteiger partial charge is 0.273 e. The average Bonchev–Trinajstić information content (AvgIpc) is 3.60. The van der Waals surface area contributed by atoms with Gasteiger partial charge in [0.2, 0.25) is 5.91 Å². The number of nitrogens with zero attached hydrogens (tertiary/aromatic N) is 4. The average molecular weight is 577 g/mol. The summed E-state index contributed by atoms with van der Waals surface area (Å²) in [6.45, 7) is 1.42. The Morgan fingerprint density at radius 1 is 1.00 bits per heavy atom. The Labute approximate surface area is 239 Å². The molecule has 2 aliphatic rings. The molecule has 3 heterocycles. The summed E-state index contributed by atoms with van der Waals surface area (Å²) in [7, 11) is 0. The second-order valence-corrected chi connectivity index (χ2v) is 10.7. The molecule has 0 bridgehead atoms. The van der Waals surface area contributed by atoms with Crippen LogP contribution in [0.1, 0.15) is 41.1 Å². The number of carbonyl (C=O) groups is 2. The zero-order chi connectivity index (χ0) is 29.3. The second kappa shape index (κ2) is 11.4. The third-order valence-electron chi connectivity index (χ3n) is 7.72. The van der Waals surface area contributed by atoms with E-state index in [1.54, 1.807) is 30.6 Å². The zero-order valence-corrected chi connectivity index (χ0v) is 22.4. The second-order valence-electron chi connectivity index (χ2n) is 10.7. The SMILES string of the molecule is O=C(N[C@H]1CCN(Cc2ccc(F)cc2)C[C@@H]1C(=O)NC1(c2ncccn2)CC1)c1cc(-c2ccc(F)cc2F)on1. The van der Waals surface area contributed by atoms with Gasteiger partial charge in [-0.05, 0) is 55.2 Å². The number of hydrogen-bond acceptors (Lipinski definition) is 7. The lowest BCUT2D eigenvalue weighted by Crippen LogP contribution is -2.57. The van der Waals surface area contributed by atoms with E-state index in [4.69, 9.17) is 4.52 Å². The van der Waals surface area contributed by atoms with Gasteiger partial charge < -0.3 is 15.2 Å². The molecule has 12 heteroatoms. The molecule has 1 saturated heterocycles. The quantitative estimate of drug-likeness (QED) is 0.326. The molecule has 42 heavy (non-hydrogen) atoms. The fourth-order valence-corrected chi connectivity index (χ4v) is 5.29. The highest BCUT2D eigenvalue weighted by Crippen LogP contribution is 2.44. The van der Waals surface area contributed by atoms with Gasteiger partial charge in [0.05, 0.1) is 17.0 Å². The number of likely N-dealkylation sites (tertiary alicyclic amines) is 1. The van der Waals surface area contributed by atoms with Crippen LogP contribution in [-0.2, 0) is 16.9 Å². The van der Waals surface area contributed by atoms with Crippen molar-refractivity contribution >= 4 is 11.8 Å². The molecule has 0 spiro atoms. The van der Waals surface area contributed by atoms with Crippen LogP contribution >= 0.6 is 0 Å². The summed E-state index contributed by atoms with van der Waals surface area (Å²) in [5.41, 5.74) is 0.120. The van der Waals surface area contributed by atoms with Crippen molar-refractivity contribution in [1.29, 1.82) is 0 Å². The molecule has 1 saturated carbocycles. The van der Waals surface area contributed by atoms with E-state index >= 15 is 0 Å². The largest absolute Gasteiger partial charge is 0.355 e. The minimum Gasteiger partial charge on any atom is -0.355 e. The summed E-state index contributed by atoms with van der Waals surface area (Å²) in [5, 5.41) is 9.81. The Balaban J connectivity index is 1.19. The lowest BCUT2D eigenvalue weighted by atomic mass is 9.90. The highest BCUT2D eigenvalue weighted by Gasteiger charge is 2.50. The maximum absolute atomic E-state index is 14.2. The summed E-state index contributed by atoms with van der Waals surface area (Å²) in [6.07, 6.45) is 5.12. The standard InChI is InChI=1S/C30H27F3N6O3/c31-19-4-2-18(3-5-19)16-39-13-8-24(22(17-39)27(40)37-30(9-10-30)29-34-11-1-12-35-29)36-28(41)25-15-26(42-38-25)21-7-6-20(32)14-23(21)33/h1-7,11-12,14-15,22,24H,8-10,13,16-17H2,(H,36,41)(H,37,40)/t22-,24-/m0/s1. The maximum Gasteiger partial charge on any atom is 0.273 e. The molecule has 2 amide bonds. The molecular formula is C30H27F3N6O3. The summed E-state index contributed by atoms with van der Waals surface area (Å²) in [6, 6.07) is 11.6. The predicted octanol–water partition coefficient (Wildman–Crippen LogP) is 3.97. The molecule has 2 atom stereocenters. The van der Waals surface area contributed by atoms with Gasteiger partial charge in [-0.3, -0.25) is 14.5 Å². The van der Waals surface area contributed by atoms with E-state index in [-0.39, 0.29) is 28.7 Å². The minimum absolute atomic E-state index is 0.0282.